The van der Waals surface area contributed by atoms with E-state index in [2.05, 4.69) is 25.6 Å². The predicted octanol–water partition coefficient (Wildman–Crippen LogP) is 4.35. The number of aromatic nitrogens is 4. The molecule has 1 saturated carbocycles. The average molecular weight is 471 g/mol. The lowest BCUT2D eigenvalue weighted by molar-refractivity contribution is -0.117. The van der Waals surface area contributed by atoms with Gasteiger partial charge >= 0.3 is 0 Å². The smallest absolute Gasteiger partial charge is 0.264 e. The van der Waals surface area contributed by atoms with Crippen LogP contribution >= 0.6 is 0 Å². The summed E-state index contributed by atoms with van der Waals surface area (Å²) < 4.78 is 7.48. The van der Waals surface area contributed by atoms with Gasteiger partial charge in [-0.05, 0) is 57.0 Å². The molecule has 9 heteroatoms. The van der Waals surface area contributed by atoms with Crippen molar-refractivity contribution in [1.82, 2.24) is 19.5 Å². The second kappa shape index (κ2) is 9.17. The number of carbonyl (C=O) groups excluding carboxylic acids is 1. The summed E-state index contributed by atoms with van der Waals surface area (Å²) in [5.74, 6) is 2.28. The number of anilines is 2. The number of fused-ring (bicyclic) bond motifs is 1. The number of nitrogens with one attached hydrogen (secondary N) is 2. The van der Waals surface area contributed by atoms with Crippen LogP contribution in [0.5, 0.6) is 11.5 Å². The van der Waals surface area contributed by atoms with Crippen molar-refractivity contribution in [2.24, 2.45) is 13.0 Å². The van der Waals surface area contributed by atoms with Gasteiger partial charge in [0.1, 0.15) is 17.3 Å². The lowest BCUT2D eigenvalue weighted by Crippen LogP contribution is -2.25. The van der Waals surface area contributed by atoms with Crippen LogP contribution in [-0.4, -0.2) is 31.5 Å². The van der Waals surface area contributed by atoms with Crippen molar-refractivity contribution in [3.05, 3.63) is 65.2 Å². The molecule has 1 aromatic carbocycles. The van der Waals surface area contributed by atoms with E-state index < -0.39 is 0 Å². The highest BCUT2D eigenvalue weighted by Gasteiger charge is 2.29. The molecule has 35 heavy (non-hydrogen) atoms. The summed E-state index contributed by atoms with van der Waals surface area (Å²) in [6, 6.07) is 12.8. The molecular weight excluding hydrogens is 444 g/mol. The highest BCUT2D eigenvalue weighted by Crippen LogP contribution is 2.31. The Labute approximate surface area is 202 Å². The molecule has 9 nitrogen and oxygen atoms in total. The molecule has 0 aliphatic heterocycles. The third-order valence-corrected chi connectivity index (χ3v) is 5.69. The molecule has 1 amide bonds. The molecule has 1 aliphatic rings. The van der Waals surface area contributed by atoms with E-state index in [0.717, 1.165) is 23.7 Å². The van der Waals surface area contributed by atoms with Crippen molar-refractivity contribution < 1.29 is 9.53 Å². The molecule has 0 saturated heterocycles. The van der Waals surface area contributed by atoms with Gasteiger partial charge in [-0.3, -0.25) is 14.2 Å². The minimum absolute atomic E-state index is 0.00177. The van der Waals surface area contributed by atoms with Crippen LogP contribution in [0, 0.1) is 5.92 Å². The zero-order valence-corrected chi connectivity index (χ0v) is 19.8. The van der Waals surface area contributed by atoms with Gasteiger partial charge < -0.3 is 15.4 Å². The van der Waals surface area contributed by atoms with Gasteiger partial charge in [0.05, 0.1) is 16.8 Å². The van der Waals surface area contributed by atoms with E-state index in [4.69, 9.17) is 4.74 Å². The summed E-state index contributed by atoms with van der Waals surface area (Å²) in [5.41, 5.74) is 1.55. The van der Waals surface area contributed by atoms with E-state index in [1.165, 1.54) is 4.57 Å². The predicted molar refractivity (Wildman–Crippen MR) is 135 cm³/mol. The number of ether oxygens (including phenoxy) is 1. The maximum Gasteiger partial charge on any atom is 0.264 e. The Morgan fingerprint density at radius 2 is 1.89 bits per heavy atom. The Morgan fingerprint density at radius 1 is 1.09 bits per heavy atom. The van der Waals surface area contributed by atoms with Gasteiger partial charge in [0.25, 0.3) is 5.56 Å². The van der Waals surface area contributed by atoms with E-state index >= 15 is 0 Å². The third kappa shape index (κ3) is 4.98. The molecule has 5 rings (SSSR count). The summed E-state index contributed by atoms with van der Waals surface area (Å²) in [5, 5.41) is 6.85. The first-order chi connectivity index (χ1) is 16.9. The molecule has 0 radical (unpaired) electrons. The number of nitrogens with zero attached hydrogens (tertiary/aromatic N) is 4. The molecule has 178 valence electrons. The number of benzene rings is 1. The molecule has 3 heterocycles. The molecule has 4 aromatic rings. The fourth-order valence-electron chi connectivity index (χ4n) is 3.68. The van der Waals surface area contributed by atoms with E-state index in [1.807, 2.05) is 38.1 Å². The standard InChI is InChI=1S/C26H26N6O3/c1-15(2)29-26-28-14-20(25(34)32(26)3)22-8-6-17-12-18(7-9-21(17)30-22)35-19-10-11-27-23(13-19)31-24(33)16-4-5-16/h6-16H,4-5H2,1-3H3,(H,28,29)(H,27,31,33). The van der Waals surface area contributed by atoms with Crippen LogP contribution in [0.3, 0.4) is 0 Å². The Balaban J connectivity index is 1.37. The quantitative estimate of drug-likeness (QED) is 0.413. The minimum atomic E-state index is -0.169. The van der Waals surface area contributed by atoms with Crippen molar-refractivity contribution in [3.8, 4) is 22.8 Å². The van der Waals surface area contributed by atoms with Gasteiger partial charge in [-0.1, -0.05) is 6.07 Å². The molecule has 0 atom stereocenters. The molecular formula is C26H26N6O3. The first kappa shape index (κ1) is 22.5. The van der Waals surface area contributed by atoms with E-state index in [0.29, 0.717) is 34.5 Å². The maximum atomic E-state index is 12.9. The minimum Gasteiger partial charge on any atom is -0.457 e. The molecule has 3 aromatic heterocycles. The van der Waals surface area contributed by atoms with Gasteiger partial charge in [-0.25, -0.2) is 15.0 Å². The lowest BCUT2D eigenvalue weighted by Gasteiger charge is -2.13. The highest BCUT2D eigenvalue weighted by molar-refractivity contribution is 5.93. The van der Waals surface area contributed by atoms with Crippen LogP contribution in [0.4, 0.5) is 11.8 Å². The summed E-state index contributed by atoms with van der Waals surface area (Å²) in [6.07, 6.45) is 5.02. The van der Waals surface area contributed by atoms with E-state index in [9.17, 15) is 9.59 Å². The van der Waals surface area contributed by atoms with E-state index in [-0.39, 0.29) is 23.4 Å². The summed E-state index contributed by atoms with van der Waals surface area (Å²) in [6.45, 7) is 3.98. The summed E-state index contributed by atoms with van der Waals surface area (Å²) in [7, 11) is 1.69. The van der Waals surface area contributed by atoms with Crippen LogP contribution in [0.25, 0.3) is 22.2 Å². The van der Waals surface area contributed by atoms with Crippen LogP contribution in [0.2, 0.25) is 0 Å². The summed E-state index contributed by atoms with van der Waals surface area (Å²) >= 11 is 0. The monoisotopic (exact) mass is 470 g/mol. The van der Waals surface area contributed by atoms with Crippen molar-refractivity contribution in [1.29, 1.82) is 0 Å². The number of carbonyl (C=O) groups is 1. The molecule has 1 aliphatic carbocycles. The number of amides is 1. The first-order valence-corrected chi connectivity index (χ1v) is 11.6. The second-order valence-corrected chi connectivity index (χ2v) is 8.95. The van der Waals surface area contributed by atoms with Crippen molar-refractivity contribution in [2.75, 3.05) is 10.6 Å². The topological polar surface area (TPSA) is 111 Å². The number of rotatable bonds is 7. The number of hydrogen-bond acceptors (Lipinski definition) is 7. The van der Waals surface area contributed by atoms with Gasteiger partial charge in [0, 0.05) is 42.9 Å². The molecule has 0 bridgehead atoms. The Hall–Kier alpha value is -4.27. The van der Waals surface area contributed by atoms with Crippen LogP contribution in [0.15, 0.2) is 59.7 Å². The van der Waals surface area contributed by atoms with Gasteiger partial charge in [-0.2, -0.15) is 0 Å². The largest absolute Gasteiger partial charge is 0.457 e. The molecule has 2 N–H and O–H groups in total. The molecule has 1 fully saturated rings. The van der Waals surface area contributed by atoms with Crippen LogP contribution < -0.4 is 20.9 Å². The van der Waals surface area contributed by atoms with Crippen LogP contribution in [-0.2, 0) is 11.8 Å². The van der Waals surface area contributed by atoms with Gasteiger partial charge in [0.2, 0.25) is 11.9 Å². The van der Waals surface area contributed by atoms with Gasteiger partial charge in [-0.15, -0.1) is 0 Å². The fraction of sp³-hybridized carbons (Fsp3) is 0.269. The highest BCUT2D eigenvalue weighted by atomic mass is 16.5. The lowest BCUT2D eigenvalue weighted by atomic mass is 10.1. The fourth-order valence-corrected chi connectivity index (χ4v) is 3.68. The van der Waals surface area contributed by atoms with Crippen molar-refractivity contribution in [2.45, 2.75) is 32.7 Å². The average Bonchev–Trinajstić information content (AvgIpc) is 3.68. The van der Waals surface area contributed by atoms with Crippen molar-refractivity contribution >= 4 is 28.6 Å². The Bertz CT molecular complexity index is 1480. The van der Waals surface area contributed by atoms with Crippen LogP contribution in [0.1, 0.15) is 26.7 Å². The zero-order valence-electron chi connectivity index (χ0n) is 19.8. The van der Waals surface area contributed by atoms with Gasteiger partial charge in [0.15, 0.2) is 0 Å². The number of pyridine rings is 2. The normalized spacial score (nSPS) is 13.1. The second-order valence-electron chi connectivity index (χ2n) is 8.95. The van der Waals surface area contributed by atoms with E-state index in [1.54, 1.807) is 37.6 Å². The Kier molecular flexibility index (Phi) is 5.90. The number of hydrogen-bond donors (Lipinski definition) is 2. The maximum absolute atomic E-state index is 12.9. The third-order valence-electron chi connectivity index (χ3n) is 5.69. The summed E-state index contributed by atoms with van der Waals surface area (Å²) in [4.78, 5) is 38.1. The van der Waals surface area contributed by atoms with Crippen molar-refractivity contribution in [3.63, 3.8) is 0 Å². The first-order valence-electron chi connectivity index (χ1n) is 11.6. The Morgan fingerprint density at radius 3 is 2.66 bits per heavy atom. The zero-order chi connectivity index (χ0) is 24.5. The SMILES string of the molecule is CC(C)Nc1ncc(-c2ccc3cc(Oc4ccnc(NC(=O)C5CC5)c4)ccc3n2)c(=O)n1C. The molecule has 0 spiro atoms. The molecule has 0 unspecified atom stereocenters.